The molecule has 84 valence electrons. The van der Waals surface area contributed by atoms with E-state index in [0.717, 1.165) is 6.07 Å². The van der Waals surface area contributed by atoms with Gasteiger partial charge in [0.25, 0.3) is 10.1 Å². The van der Waals surface area contributed by atoms with Crippen LogP contribution in [0, 0.1) is 0 Å². The average Bonchev–Trinajstić information content (AvgIpc) is 2.22. The molecule has 0 fully saturated rings. The molecule has 2 rings (SSSR count). The molecule has 0 heterocycles. The van der Waals surface area contributed by atoms with Crippen LogP contribution in [0.2, 0.25) is 0 Å². The fourth-order valence-electron chi connectivity index (χ4n) is 1.60. The van der Waals surface area contributed by atoms with Gasteiger partial charge in [0.1, 0.15) is 4.90 Å². The Labute approximate surface area is 91.9 Å². The number of fused-ring (bicyclic) bond motifs is 1. The molecule has 0 spiro atoms. The Morgan fingerprint density at radius 2 is 1.69 bits per heavy atom. The van der Waals surface area contributed by atoms with E-state index >= 15 is 0 Å². The zero-order valence-electron chi connectivity index (χ0n) is 8.21. The summed E-state index contributed by atoms with van der Waals surface area (Å²) in [6, 6.07) is 7.52. The molecule has 0 radical (unpaired) electrons. The molecular formula is C10H10NO4S+. The van der Waals surface area contributed by atoms with E-state index in [1.54, 1.807) is 24.3 Å². The van der Waals surface area contributed by atoms with Crippen molar-refractivity contribution in [1.82, 2.24) is 0 Å². The van der Waals surface area contributed by atoms with E-state index < -0.39 is 10.1 Å². The highest BCUT2D eigenvalue weighted by Crippen LogP contribution is 2.33. The number of hydrogen-bond donors (Lipinski definition) is 3. The van der Waals surface area contributed by atoms with Crippen molar-refractivity contribution in [2.75, 3.05) is 0 Å². The molecule has 5 N–H and O–H groups in total. The van der Waals surface area contributed by atoms with Crippen molar-refractivity contribution < 1.29 is 23.8 Å². The highest BCUT2D eigenvalue weighted by Gasteiger charge is 2.19. The predicted octanol–water partition coefficient (Wildman–Crippen LogP) is 0.666. The zero-order valence-corrected chi connectivity index (χ0v) is 9.03. The second-order valence-electron chi connectivity index (χ2n) is 3.39. The first-order valence-electron chi connectivity index (χ1n) is 4.45. The standard InChI is InChI=1S/C10H9NO4S/c11-10-7-4-2-1-3-6(7)9(5-8(10)12)16(13,14)15/h1-5,12H,11H2,(H,13,14,15)/p+1. The number of hydrogen-bond acceptors (Lipinski definition) is 3. The summed E-state index contributed by atoms with van der Waals surface area (Å²) in [5.74, 6) is -0.258. The summed E-state index contributed by atoms with van der Waals surface area (Å²) in [5, 5.41) is 10.4. The van der Waals surface area contributed by atoms with Gasteiger partial charge in [-0.25, -0.2) is 0 Å². The number of aromatic hydroxyl groups is 1. The number of rotatable bonds is 1. The fraction of sp³-hybridized carbons (Fsp3) is 0. The molecule has 0 saturated heterocycles. The first-order valence-corrected chi connectivity index (χ1v) is 5.89. The smallest absolute Gasteiger partial charge is 0.295 e. The van der Waals surface area contributed by atoms with Crippen LogP contribution in [0.5, 0.6) is 5.75 Å². The molecule has 0 aliphatic rings. The van der Waals surface area contributed by atoms with E-state index in [1.807, 2.05) is 0 Å². The summed E-state index contributed by atoms with van der Waals surface area (Å²) in [5.41, 5.74) is 3.98. The van der Waals surface area contributed by atoms with E-state index in [1.165, 1.54) is 0 Å². The summed E-state index contributed by atoms with van der Waals surface area (Å²) in [6.45, 7) is 0. The summed E-state index contributed by atoms with van der Waals surface area (Å²) in [6.07, 6.45) is 0. The zero-order chi connectivity index (χ0) is 11.9. The van der Waals surface area contributed by atoms with Crippen molar-refractivity contribution in [3.63, 3.8) is 0 Å². The van der Waals surface area contributed by atoms with E-state index in [4.69, 9.17) is 4.55 Å². The molecule has 0 unspecified atom stereocenters. The van der Waals surface area contributed by atoms with Gasteiger partial charge in [0.2, 0.25) is 0 Å². The molecule has 0 aliphatic heterocycles. The fourth-order valence-corrected chi connectivity index (χ4v) is 2.32. The van der Waals surface area contributed by atoms with Crippen LogP contribution in [0.1, 0.15) is 0 Å². The van der Waals surface area contributed by atoms with Crippen LogP contribution in [0.4, 0.5) is 5.69 Å². The molecule has 0 aromatic heterocycles. The summed E-state index contributed by atoms with van der Waals surface area (Å²) in [4.78, 5) is -0.312. The van der Waals surface area contributed by atoms with Crippen molar-refractivity contribution in [3.05, 3.63) is 30.3 Å². The molecule has 0 amide bonds. The van der Waals surface area contributed by atoms with Crippen molar-refractivity contribution in [3.8, 4) is 5.75 Å². The van der Waals surface area contributed by atoms with Gasteiger partial charge in [-0.15, -0.1) is 0 Å². The highest BCUT2D eigenvalue weighted by molar-refractivity contribution is 7.86. The third-order valence-electron chi connectivity index (χ3n) is 2.37. The number of quaternary nitrogens is 1. The van der Waals surface area contributed by atoms with E-state index in [2.05, 4.69) is 5.73 Å². The molecule has 2 aromatic carbocycles. The van der Waals surface area contributed by atoms with Crippen LogP contribution >= 0.6 is 0 Å². The topological polar surface area (TPSA) is 102 Å². The molecule has 0 saturated carbocycles. The molecule has 2 aromatic rings. The van der Waals surface area contributed by atoms with Gasteiger partial charge in [0.15, 0.2) is 11.4 Å². The largest absolute Gasteiger partial charge is 0.503 e. The first-order chi connectivity index (χ1) is 7.41. The normalized spacial score (nSPS) is 11.9. The monoisotopic (exact) mass is 240 g/mol. The van der Waals surface area contributed by atoms with E-state index in [0.29, 0.717) is 16.5 Å². The molecule has 6 heteroatoms. The van der Waals surface area contributed by atoms with E-state index in [9.17, 15) is 13.5 Å². The number of benzene rings is 2. The maximum Gasteiger partial charge on any atom is 0.295 e. The molecule has 0 atom stereocenters. The SMILES string of the molecule is [NH3+]c1c(O)cc(S(=O)(=O)O)c2ccccc12. The minimum Gasteiger partial charge on any atom is -0.503 e. The second-order valence-corrected chi connectivity index (χ2v) is 4.78. The van der Waals surface area contributed by atoms with Crippen LogP contribution in [-0.4, -0.2) is 18.1 Å². The van der Waals surface area contributed by atoms with Crippen LogP contribution < -0.4 is 5.73 Å². The summed E-state index contributed by atoms with van der Waals surface area (Å²) < 4.78 is 31.3. The van der Waals surface area contributed by atoms with Gasteiger partial charge in [0.05, 0.1) is 0 Å². The van der Waals surface area contributed by atoms with E-state index in [-0.39, 0.29) is 10.6 Å². The van der Waals surface area contributed by atoms with Gasteiger partial charge in [-0.05, 0) is 6.07 Å². The van der Waals surface area contributed by atoms with Crippen LogP contribution in [-0.2, 0) is 10.1 Å². The third-order valence-corrected chi connectivity index (χ3v) is 3.27. The van der Waals surface area contributed by atoms with Gasteiger partial charge < -0.3 is 10.8 Å². The Hall–Kier alpha value is -1.63. The van der Waals surface area contributed by atoms with Crippen LogP contribution in [0.3, 0.4) is 0 Å². The predicted molar refractivity (Wildman–Crippen MR) is 58.0 cm³/mol. The van der Waals surface area contributed by atoms with Crippen molar-refractivity contribution in [2.45, 2.75) is 4.90 Å². The number of phenolic OH excluding ortho intramolecular Hbond substituents is 1. The Kier molecular flexibility index (Phi) is 2.34. The molecule has 16 heavy (non-hydrogen) atoms. The quantitative estimate of drug-likeness (QED) is 0.637. The number of phenols is 1. The lowest BCUT2D eigenvalue weighted by atomic mass is 10.1. The molecule has 0 bridgehead atoms. The van der Waals surface area contributed by atoms with Crippen molar-refractivity contribution in [1.29, 1.82) is 0 Å². The van der Waals surface area contributed by atoms with Crippen molar-refractivity contribution in [2.24, 2.45) is 0 Å². The average molecular weight is 240 g/mol. The highest BCUT2D eigenvalue weighted by atomic mass is 32.2. The third kappa shape index (κ3) is 1.63. The lowest BCUT2D eigenvalue weighted by Gasteiger charge is -2.05. The van der Waals surface area contributed by atoms with Crippen molar-refractivity contribution >= 4 is 26.6 Å². The Morgan fingerprint density at radius 3 is 2.25 bits per heavy atom. The lowest BCUT2D eigenvalue weighted by molar-refractivity contribution is -0.254. The van der Waals surface area contributed by atoms with Gasteiger partial charge in [-0.1, -0.05) is 18.2 Å². The van der Waals surface area contributed by atoms with Crippen LogP contribution in [0.15, 0.2) is 35.2 Å². The summed E-state index contributed by atoms with van der Waals surface area (Å²) in [7, 11) is -4.36. The molecule has 0 aliphatic carbocycles. The minimum absolute atomic E-state index is 0.258. The summed E-state index contributed by atoms with van der Waals surface area (Å²) >= 11 is 0. The molecule has 5 nitrogen and oxygen atoms in total. The minimum atomic E-state index is -4.36. The van der Waals surface area contributed by atoms with Gasteiger partial charge in [0, 0.05) is 16.8 Å². The maximum atomic E-state index is 11.1. The maximum absolute atomic E-state index is 11.1. The van der Waals surface area contributed by atoms with Gasteiger partial charge in [-0.3, -0.25) is 4.55 Å². The molecular weight excluding hydrogens is 230 g/mol. The van der Waals surface area contributed by atoms with Gasteiger partial charge in [-0.2, -0.15) is 8.42 Å². The second kappa shape index (κ2) is 3.44. The van der Waals surface area contributed by atoms with Crippen LogP contribution in [0.25, 0.3) is 10.8 Å². The van der Waals surface area contributed by atoms with Gasteiger partial charge >= 0.3 is 0 Å². The Balaban J connectivity index is 3.02. The Morgan fingerprint density at radius 1 is 1.12 bits per heavy atom. The lowest BCUT2D eigenvalue weighted by Crippen LogP contribution is -2.40. The Bertz CT molecular complexity index is 664. The first kappa shape index (κ1) is 10.9.